The molecule has 0 fully saturated rings. The first-order chi connectivity index (χ1) is 10.5. The quantitative estimate of drug-likeness (QED) is 0.782. The highest BCUT2D eigenvalue weighted by Gasteiger charge is 2.46. The molecule has 0 radical (unpaired) electrons. The molecule has 2 aliphatic rings. The van der Waals surface area contributed by atoms with Gasteiger partial charge in [-0.25, -0.2) is 4.79 Å². The molecule has 1 aromatic rings. The van der Waals surface area contributed by atoms with Crippen LogP contribution in [-0.2, 0) is 11.2 Å². The van der Waals surface area contributed by atoms with E-state index < -0.39 is 11.6 Å². The van der Waals surface area contributed by atoms with E-state index in [2.05, 4.69) is 29.4 Å². The van der Waals surface area contributed by atoms with Crippen LogP contribution in [0.3, 0.4) is 0 Å². The topological polar surface area (TPSA) is 71.2 Å². The standard InChI is InChI=1S/C17H20N2O3/c1-4-13-12-7-10(2)8-17(13,19-16(21)22-3)9-14-11(12)5-6-15(20)18-14/h4-7,12H,8-9H2,1-3H3,(H,18,20)(H,19,21)/t12-,17-/m0/s1. The number of hydrogen-bond donors (Lipinski definition) is 2. The van der Waals surface area contributed by atoms with Crippen molar-refractivity contribution in [3.63, 3.8) is 0 Å². The minimum atomic E-state index is -0.525. The van der Waals surface area contributed by atoms with Crippen molar-refractivity contribution in [1.82, 2.24) is 10.3 Å². The molecule has 0 aromatic carbocycles. The molecule has 0 spiro atoms. The Balaban J connectivity index is 2.19. The third-order valence-corrected chi connectivity index (χ3v) is 4.61. The summed E-state index contributed by atoms with van der Waals surface area (Å²) in [5.74, 6) is 0.0801. The van der Waals surface area contributed by atoms with E-state index in [0.29, 0.717) is 12.8 Å². The van der Waals surface area contributed by atoms with Crippen LogP contribution in [0.25, 0.3) is 0 Å². The third-order valence-electron chi connectivity index (χ3n) is 4.61. The zero-order chi connectivity index (χ0) is 15.9. The van der Waals surface area contributed by atoms with Gasteiger partial charge >= 0.3 is 6.09 Å². The van der Waals surface area contributed by atoms with Gasteiger partial charge in [0.25, 0.3) is 0 Å². The van der Waals surface area contributed by atoms with E-state index in [1.165, 1.54) is 12.7 Å². The van der Waals surface area contributed by atoms with Crippen LogP contribution < -0.4 is 10.9 Å². The van der Waals surface area contributed by atoms with Crippen molar-refractivity contribution >= 4 is 6.09 Å². The highest BCUT2D eigenvalue weighted by atomic mass is 16.5. The number of allylic oxidation sites excluding steroid dienone is 2. The summed E-state index contributed by atoms with van der Waals surface area (Å²) in [5.41, 5.74) is 3.74. The second-order valence-corrected chi connectivity index (χ2v) is 6.04. The largest absolute Gasteiger partial charge is 0.453 e. The van der Waals surface area contributed by atoms with Crippen molar-refractivity contribution in [2.45, 2.75) is 38.1 Å². The number of fused-ring (bicyclic) bond motifs is 4. The Kier molecular flexibility index (Phi) is 3.43. The van der Waals surface area contributed by atoms with Gasteiger partial charge in [-0.05, 0) is 31.4 Å². The van der Waals surface area contributed by atoms with E-state index in [1.807, 2.05) is 13.0 Å². The van der Waals surface area contributed by atoms with Crippen LogP contribution in [0.5, 0.6) is 0 Å². The van der Waals surface area contributed by atoms with Crippen molar-refractivity contribution in [2.24, 2.45) is 0 Å². The van der Waals surface area contributed by atoms with Crippen LogP contribution in [0.4, 0.5) is 4.79 Å². The first-order valence-electron chi connectivity index (χ1n) is 7.41. The number of ether oxygens (including phenoxy) is 1. The summed E-state index contributed by atoms with van der Waals surface area (Å²) in [6.07, 6.45) is 5.11. The Morgan fingerprint density at radius 2 is 2.23 bits per heavy atom. The molecule has 2 N–H and O–H groups in total. The van der Waals surface area contributed by atoms with E-state index in [4.69, 9.17) is 4.74 Å². The monoisotopic (exact) mass is 300 g/mol. The zero-order valence-electron chi connectivity index (χ0n) is 13.0. The highest BCUT2D eigenvalue weighted by Crippen LogP contribution is 2.48. The molecule has 2 bridgehead atoms. The van der Waals surface area contributed by atoms with Crippen LogP contribution in [0.2, 0.25) is 0 Å². The molecule has 0 saturated carbocycles. The number of aromatic nitrogens is 1. The molecule has 0 aliphatic heterocycles. The lowest BCUT2D eigenvalue weighted by molar-refractivity contribution is 0.156. The maximum Gasteiger partial charge on any atom is 0.407 e. The lowest BCUT2D eigenvalue weighted by Crippen LogP contribution is -2.56. The second-order valence-electron chi connectivity index (χ2n) is 6.04. The molecule has 1 amide bonds. The summed E-state index contributed by atoms with van der Waals surface area (Å²) in [6, 6.07) is 3.45. The molecular weight excluding hydrogens is 280 g/mol. The minimum absolute atomic E-state index is 0.0801. The van der Waals surface area contributed by atoms with E-state index >= 15 is 0 Å². The van der Waals surface area contributed by atoms with Crippen molar-refractivity contribution in [2.75, 3.05) is 7.11 Å². The smallest absolute Gasteiger partial charge is 0.407 e. The van der Waals surface area contributed by atoms with Gasteiger partial charge in [0.2, 0.25) is 5.56 Å². The first-order valence-corrected chi connectivity index (χ1v) is 7.41. The van der Waals surface area contributed by atoms with Gasteiger partial charge in [-0.15, -0.1) is 0 Å². The number of nitrogens with one attached hydrogen (secondary N) is 2. The van der Waals surface area contributed by atoms with Crippen molar-refractivity contribution in [3.05, 3.63) is 57.0 Å². The molecule has 0 unspecified atom stereocenters. The number of H-pyrrole nitrogens is 1. The second kappa shape index (κ2) is 5.16. The Morgan fingerprint density at radius 1 is 1.45 bits per heavy atom. The third kappa shape index (κ3) is 2.17. The summed E-state index contributed by atoms with van der Waals surface area (Å²) < 4.78 is 4.81. The van der Waals surface area contributed by atoms with Crippen LogP contribution in [-0.4, -0.2) is 23.7 Å². The van der Waals surface area contributed by atoms with E-state index in [9.17, 15) is 9.59 Å². The molecule has 22 heavy (non-hydrogen) atoms. The molecule has 2 atom stereocenters. The fourth-order valence-corrected chi connectivity index (χ4v) is 3.86. The number of carbonyl (C=O) groups excluding carboxylic acids is 1. The Bertz CT molecular complexity index is 745. The van der Waals surface area contributed by atoms with Crippen LogP contribution in [0.1, 0.15) is 37.4 Å². The highest BCUT2D eigenvalue weighted by molar-refractivity contribution is 5.70. The Hall–Kier alpha value is -2.30. The minimum Gasteiger partial charge on any atom is -0.453 e. The molecule has 1 aromatic heterocycles. The molecule has 5 nitrogen and oxygen atoms in total. The molecular formula is C17H20N2O3. The maximum absolute atomic E-state index is 11.9. The van der Waals surface area contributed by atoms with Gasteiger partial charge in [-0.3, -0.25) is 4.79 Å². The lowest BCUT2D eigenvalue weighted by Gasteiger charge is -2.47. The molecule has 3 rings (SSSR count). The number of carbonyl (C=O) groups is 1. The Morgan fingerprint density at radius 3 is 2.91 bits per heavy atom. The van der Waals surface area contributed by atoms with Crippen molar-refractivity contribution in [1.29, 1.82) is 0 Å². The van der Waals surface area contributed by atoms with Gasteiger partial charge in [-0.1, -0.05) is 23.8 Å². The number of hydrogen-bond acceptors (Lipinski definition) is 3. The summed E-state index contributed by atoms with van der Waals surface area (Å²) in [4.78, 5) is 26.5. The molecule has 5 heteroatoms. The predicted molar refractivity (Wildman–Crippen MR) is 83.9 cm³/mol. The Labute approximate surface area is 129 Å². The van der Waals surface area contributed by atoms with Crippen molar-refractivity contribution in [3.8, 4) is 0 Å². The predicted octanol–water partition coefficient (Wildman–Crippen LogP) is 2.41. The van der Waals surface area contributed by atoms with Crippen LogP contribution >= 0.6 is 0 Å². The summed E-state index contributed by atoms with van der Waals surface area (Å²) in [6.45, 7) is 4.06. The van der Waals surface area contributed by atoms with Gasteiger partial charge in [-0.2, -0.15) is 0 Å². The molecule has 0 saturated heterocycles. The van der Waals surface area contributed by atoms with E-state index in [-0.39, 0.29) is 11.5 Å². The van der Waals surface area contributed by atoms with Gasteiger partial charge in [0.1, 0.15) is 0 Å². The first kappa shape index (κ1) is 14.6. The number of rotatable bonds is 1. The number of aromatic amines is 1. The van der Waals surface area contributed by atoms with E-state index in [1.54, 1.807) is 6.07 Å². The summed E-state index contributed by atoms with van der Waals surface area (Å²) in [5, 5.41) is 3.01. The van der Waals surface area contributed by atoms with Crippen LogP contribution in [0, 0.1) is 0 Å². The average molecular weight is 300 g/mol. The zero-order valence-corrected chi connectivity index (χ0v) is 13.0. The maximum atomic E-state index is 11.9. The lowest BCUT2D eigenvalue weighted by atomic mass is 9.63. The fourth-order valence-electron chi connectivity index (χ4n) is 3.86. The summed E-state index contributed by atoms with van der Waals surface area (Å²) >= 11 is 0. The fraction of sp³-hybridized carbons (Fsp3) is 0.412. The van der Waals surface area contributed by atoms with Gasteiger partial charge in [0.05, 0.1) is 12.6 Å². The summed E-state index contributed by atoms with van der Waals surface area (Å²) in [7, 11) is 1.36. The van der Waals surface area contributed by atoms with Gasteiger partial charge < -0.3 is 15.0 Å². The van der Waals surface area contributed by atoms with Gasteiger partial charge in [0, 0.05) is 24.1 Å². The molecule has 116 valence electrons. The molecule has 2 aliphatic carbocycles. The van der Waals surface area contributed by atoms with E-state index in [0.717, 1.165) is 16.8 Å². The number of pyridine rings is 1. The number of methoxy groups -OCH3 is 1. The SMILES string of the molecule is CC=C1[C@H]2C=C(C)C[C@]1(NC(=O)OC)Cc1[nH]c(=O)ccc12. The molecule has 1 heterocycles. The van der Waals surface area contributed by atoms with Crippen LogP contribution in [0.15, 0.2) is 40.2 Å². The normalized spacial score (nSPS) is 27.9. The average Bonchev–Trinajstić information content (AvgIpc) is 2.45. The number of alkyl carbamates (subject to hydrolysis) is 1. The van der Waals surface area contributed by atoms with Gasteiger partial charge in [0.15, 0.2) is 0 Å². The van der Waals surface area contributed by atoms with Crippen molar-refractivity contribution < 1.29 is 9.53 Å². The number of amides is 1.